The SMILES string of the molecule is CCOc1ccccc1NC(=O)CNc1cc(S(=O)(=O)N2CCCCC2)ccc1C. The van der Waals surface area contributed by atoms with Gasteiger partial charge in [-0.15, -0.1) is 0 Å². The molecule has 1 amide bonds. The van der Waals surface area contributed by atoms with Crippen LogP contribution in [0.5, 0.6) is 5.75 Å². The van der Waals surface area contributed by atoms with Crippen LogP contribution < -0.4 is 15.4 Å². The Labute approximate surface area is 178 Å². The number of piperidine rings is 1. The van der Waals surface area contributed by atoms with Crippen LogP contribution in [0.3, 0.4) is 0 Å². The molecule has 1 heterocycles. The Balaban J connectivity index is 1.68. The highest BCUT2D eigenvalue weighted by Crippen LogP contribution is 2.26. The number of carbonyl (C=O) groups excluding carboxylic acids is 1. The number of carbonyl (C=O) groups is 1. The summed E-state index contributed by atoms with van der Waals surface area (Å²) in [6.07, 6.45) is 2.84. The summed E-state index contributed by atoms with van der Waals surface area (Å²) in [5.74, 6) is 0.366. The first-order chi connectivity index (χ1) is 14.4. The molecule has 0 saturated carbocycles. The van der Waals surface area contributed by atoms with Crippen molar-refractivity contribution in [1.29, 1.82) is 0 Å². The van der Waals surface area contributed by atoms with Gasteiger partial charge in [0.15, 0.2) is 0 Å². The molecule has 2 aromatic carbocycles. The van der Waals surface area contributed by atoms with E-state index in [-0.39, 0.29) is 17.3 Å². The normalized spacial score (nSPS) is 14.9. The van der Waals surface area contributed by atoms with Crippen molar-refractivity contribution in [2.45, 2.75) is 38.0 Å². The van der Waals surface area contributed by atoms with Crippen molar-refractivity contribution >= 4 is 27.3 Å². The molecule has 0 atom stereocenters. The second kappa shape index (κ2) is 9.95. The molecule has 2 aromatic rings. The summed E-state index contributed by atoms with van der Waals surface area (Å²) in [4.78, 5) is 12.7. The van der Waals surface area contributed by atoms with E-state index in [1.54, 1.807) is 34.6 Å². The van der Waals surface area contributed by atoms with Crippen molar-refractivity contribution in [2.75, 3.05) is 36.9 Å². The molecule has 0 aromatic heterocycles. The van der Waals surface area contributed by atoms with Gasteiger partial charge in [0.25, 0.3) is 0 Å². The molecule has 162 valence electrons. The van der Waals surface area contributed by atoms with Gasteiger partial charge >= 0.3 is 0 Å². The Kier molecular flexibility index (Phi) is 7.33. The van der Waals surface area contributed by atoms with Gasteiger partial charge in [0.2, 0.25) is 15.9 Å². The predicted molar refractivity (Wildman–Crippen MR) is 119 cm³/mol. The maximum Gasteiger partial charge on any atom is 0.243 e. The number of hydrogen-bond acceptors (Lipinski definition) is 5. The van der Waals surface area contributed by atoms with Crippen LogP contribution >= 0.6 is 0 Å². The molecule has 0 aliphatic carbocycles. The van der Waals surface area contributed by atoms with Crippen molar-refractivity contribution < 1.29 is 17.9 Å². The Hall–Kier alpha value is -2.58. The Morgan fingerprint density at radius 2 is 1.80 bits per heavy atom. The highest BCUT2D eigenvalue weighted by atomic mass is 32.2. The molecule has 0 unspecified atom stereocenters. The van der Waals surface area contributed by atoms with Crippen LogP contribution in [0.4, 0.5) is 11.4 Å². The minimum Gasteiger partial charge on any atom is -0.492 e. The first kappa shape index (κ1) is 22.1. The third kappa shape index (κ3) is 5.31. The second-order valence-electron chi connectivity index (χ2n) is 7.27. The number of ether oxygens (including phenoxy) is 1. The van der Waals surface area contributed by atoms with Crippen molar-refractivity contribution in [2.24, 2.45) is 0 Å². The fourth-order valence-corrected chi connectivity index (χ4v) is 4.97. The number of benzene rings is 2. The smallest absolute Gasteiger partial charge is 0.243 e. The second-order valence-corrected chi connectivity index (χ2v) is 9.21. The quantitative estimate of drug-likeness (QED) is 0.667. The summed E-state index contributed by atoms with van der Waals surface area (Å²) in [6, 6.07) is 12.2. The van der Waals surface area contributed by atoms with Crippen LogP contribution in [-0.2, 0) is 14.8 Å². The monoisotopic (exact) mass is 431 g/mol. The van der Waals surface area contributed by atoms with E-state index in [9.17, 15) is 13.2 Å². The number of rotatable bonds is 8. The minimum atomic E-state index is -3.52. The van der Waals surface area contributed by atoms with Gasteiger partial charge in [-0.2, -0.15) is 4.31 Å². The van der Waals surface area contributed by atoms with Gasteiger partial charge in [0.05, 0.1) is 23.7 Å². The van der Waals surface area contributed by atoms with E-state index in [4.69, 9.17) is 4.74 Å². The van der Waals surface area contributed by atoms with Gasteiger partial charge in [-0.3, -0.25) is 4.79 Å². The maximum atomic E-state index is 12.9. The third-order valence-electron chi connectivity index (χ3n) is 5.06. The first-order valence-corrected chi connectivity index (χ1v) is 11.7. The molecule has 2 N–H and O–H groups in total. The summed E-state index contributed by atoms with van der Waals surface area (Å²) >= 11 is 0. The van der Waals surface area contributed by atoms with Crippen molar-refractivity contribution in [3.05, 3.63) is 48.0 Å². The minimum absolute atomic E-state index is 0.00845. The number of nitrogens with one attached hydrogen (secondary N) is 2. The standard InChI is InChI=1S/C22H29N3O4S/c1-3-29-21-10-6-5-9-19(21)24-22(26)16-23-20-15-18(12-11-17(20)2)30(27,28)25-13-7-4-8-14-25/h5-6,9-12,15,23H,3-4,7-8,13-14,16H2,1-2H3,(H,24,26). The Morgan fingerprint density at radius 1 is 1.07 bits per heavy atom. The first-order valence-electron chi connectivity index (χ1n) is 10.3. The van der Waals surface area contributed by atoms with Crippen LogP contribution in [0.1, 0.15) is 31.7 Å². The van der Waals surface area contributed by atoms with Gasteiger partial charge in [0, 0.05) is 18.8 Å². The van der Waals surface area contributed by atoms with Crippen LogP contribution in [0, 0.1) is 6.92 Å². The summed E-state index contributed by atoms with van der Waals surface area (Å²) in [7, 11) is -3.52. The lowest BCUT2D eigenvalue weighted by Gasteiger charge is -2.26. The lowest BCUT2D eigenvalue weighted by atomic mass is 10.2. The third-order valence-corrected chi connectivity index (χ3v) is 6.96. The van der Waals surface area contributed by atoms with E-state index in [1.165, 1.54) is 0 Å². The van der Waals surface area contributed by atoms with Gasteiger partial charge in [-0.05, 0) is 56.5 Å². The summed E-state index contributed by atoms with van der Waals surface area (Å²) in [5, 5.41) is 5.89. The van der Waals surface area contributed by atoms with Crippen LogP contribution in [0.15, 0.2) is 47.4 Å². The number of amides is 1. The molecular formula is C22H29N3O4S. The maximum absolute atomic E-state index is 12.9. The molecule has 1 aliphatic rings. The zero-order valence-corrected chi connectivity index (χ0v) is 18.3. The van der Waals surface area contributed by atoms with E-state index < -0.39 is 10.0 Å². The van der Waals surface area contributed by atoms with E-state index in [0.717, 1.165) is 24.8 Å². The number of para-hydroxylation sites is 2. The van der Waals surface area contributed by atoms with Crippen molar-refractivity contribution in [1.82, 2.24) is 4.31 Å². The molecule has 1 fully saturated rings. The number of aryl methyl sites for hydroxylation is 1. The number of nitrogens with zero attached hydrogens (tertiary/aromatic N) is 1. The molecular weight excluding hydrogens is 402 g/mol. The lowest BCUT2D eigenvalue weighted by molar-refractivity contribution is -0.114. The number of hydrogen-bond donors (Lipinski definition) is 2. The molecule has 0 spiro atoms. The van der Waals surface area contributed by atoms with Gasteiger partial charge in [-0.25, -0.2) is 8.42 Å². The average Bonchev–Trinajstić information content (AvgIpc) is 2.75. The fraction of sp³-hybridized carbons (Fsp3) is 0.409. The molecule has 30 heavy (non-hydrogen) atoms. The van der Waals surface area contributed by atoms with Crippen molar-refractivity contribution in [3.63, 3.8) is 0 Å². The Bertz CT molecular complexity index is 986. The summed E-state index contributed by atoms with van der Waals surface area (Å²) < 4.78 is 32.9. The summed E-state index contributed by atoms with van der Waals surface area (Å²) in [6.45, 7) is 5.38. The highest BCUT2D eigenvalue weighted by Gasteiger charge is 2.26. The average molecular weight is 432 g/mol. The van der Waals surface area contributed by atoms with E-state index >= 15 is 0 Å². The highest BCUT2D eigenvalue weighted by molar-refractivity contribution is 7.89. The predicted octanol–water partition coefficient (Wildman–Crippen LogP) is 3.62. The molecule has 0 radical (unpaired) electrons. The lowest BCUT2D eigenvalue weighted by Crippen LogP contribution is -2.35. The van der Waals surface area contributed by atoms with Crippen molar-refractivity contribution in [3.8, 4) is 5.75 Å². The zero-order chi connectivity index (χ0) is 21.6. The van der Waals surface area contributed by atoms with Gasteiger partial charge < -0.3 is 15.4 Å². The van der Waals surface area contributed by atoms with Gasteiger partial charge in [-0.1, -0.05) is 24.6 Å². The van der Waals surface area contributed by atoms with E-state index in [1.807, 2.05) is 26.0 Å². The molecule has 1 aliphatic heterocycles. The zero-order valence-electron chi connectivity index (χ0n) is 17.5. The van der Waals surface area contributed by atoms with Crippen LogP contribution in [0.2, 0.25) is 0 Å². The molecule has 8 heteroatoms. The fourth-order valence-electron chi connectivity index (χ4n) is 3.43. The van der Waals surface area contributed by atoms with Gasteiger partial charge in [0.1, 0.15) is 5.75 Å². The number of anilines is 2. The molecule has 1 saturated heterocycles. The largest absolute Gasteiger partial charge is 0.492 e. The summed E-state index contributed by atoms with van der Waals surface area (Å²) in [5.41, 5.74) is 2.10. The van der Waals surface area contributed by atoms with Crippen LogP contribution in [0.25, 0.3) is 0 Å². The topological polar surface area (TPSA) is 87.7 Å². The molecule has 7 nitrogen and oxygen atoms in total. The van der Waals surface area contributed by atoms with E-state index in [2.05, 4.69) is 10.6 Å². The number of sulfonamides is 1. The van der Waals surface area contributed by atoms with Crippen LogP contribution in [-0.4, -0.2) is 44.9 Å². The Morgan fingerprint density at radius 3 is 2.53 bits per heavy atom. The molecule has 3 rings (SSSR count). The van der Waals surface area contributed by atoms with E-state index in [0.29, 0.717) is 36.8 Å². The molecule has 0 bridgehead atoms.